The van der Waals surface area contributed by atoms with E-state index in [1.54, 1.807) is 0 Å². The Hall–Kier alpha value is -7.57. The molecule has 2 heterocycles. The molecule has 0 amide bonds. The summed E-state index contributed by atoms with van der Waals surface area (Å²) in [6, 6.07) is 69.8. The molecule has 6 nitrogen and oxygen atoms in total. The van der Waals surface area contributed by atoms with E-state index in [-0.39, 0.29) is 0 Å². The second-order valence-corrected chi connectivity index (χ2v) is 13.0. The van der Waals surface area contributed by atoms with Crippen LogP contribution in [0, 0.1) is 0 Å². The minimum atomic E-state index is 0.583. The lowest BCUT2D eigenvalue weighted by Crippen LogP contribution is -2.14. The van der Waals surface area contributed by atoms with Crippen molar-refractivity contribution in [1.29, 1.82) is 0 Å². The van der Waals surface area contributed by atoms with Crippen LogP contribution < -0.4 is 4.90 Å². The number of anilines is 3. The van der Waals surface area contributed by atoms with E-state index in [0.29, 0.717) is 23.4 Å². The normalized spacial score (nSPS) is 10.9. The van der Waals surface area contributed by atoms with Crippen LogP contribution in [0.1, 0.15) is 0 Å². The van der Waals surface area contributed by atoms with Gasteiger partial charge in [-0.15, -0.1) is 0 Å². The molecule has 0 bridgehead atoms. The van der Waals surface area contributed by atoms with Gasteiger partial charge in [0.05, 0.1) is 11.4 Å². The van der Waals surface area contributed by atoms with Crippen LogP contribution in [0.5, 0.6) is 0 Å². The largest absolute Gasteiger partial charge is 0.279 e. The molecule has 0 aliphatic heterocycles. The summed E-state index contributed by atoms with van der Waals surface area (Å²) in [5.74, 6) is 2.45. The van der Waals surface area contributed by atoms with Crippen LogP contribution in [0.25, 0.3) is 67.8 Å². The second-order valence-electron chi connectivity index (χ2n) is 13.0. The van der Waals surface area contributed by atoms with E-state index in [0.717, 1.165) is 61.7 Å². The van der Waals surface area contributed by atoms with Crippen molar-refractivity contribution in [2.45, 2.75) is 0 Å². The third kappa shape index (κ3) is 7.25. The molecule has 0 spiro atoms. The average Bonchev–Trinajstić information content (AvgIpc) is 3.28. The van der Waals surface area contributed by atoms with Gasteiger partial charge in [-0.2, -0.15) is 0 Å². The van der Waals surface area contributed by atoms with Gasteiger partial charge in [0.15, 0.2) is 17.5 Å². The first kappa shape index (κ1) is 33.3. The van der Waals surface area contributed by atoms with Crippen molar-refractivity contribution < 1.29 is 0 Å². The van der Waals surface area contributed by atoms with Crippen LogP contribution in [0.4, 0.5) is 17.3 Å². The molecule has 0 aliphatic rings. The SMILES string of the molecule is c1ccc(-c2cc(-c3cccc(-c4cccc(-c5nc(-c6ccccc6)nc(-c6ccccc6)n5)c4)c3)nc(N(c3ccccc3)c3ccccc3)n2)cc1. The highest BCUT2D eigenvalue weighted by atomic mass is 15.3. The summed E-state index contributed by atoms with van der Waals surface area (Å²) >= 11 is 0. The van der Waals surface area contributed by atoms with Gasteiger partial charge in [0.2, 0.25) is 5.95 Å². The van der Waals surface area contributed by atoms with Crippen molar-refractivity contribution in [1.82, 2.24) is 24.9 Å². The highest BCUT2D eigenvalue weighted by Crippen LogP contribution is 2.36. The predicted molar refractivity (Wildman–Crippen MR) is 223 cm³/mol. The average molecular weight is 707 g/mol. The Kier molecular flexibility index (Phi) is 9.19. The van der Waals surface area contributed by atoms with Gasteiger partial charge in [0, 0.05) is 39.2 Å². The Balaban J connectivity index is 1.14. The minimum absolute atomic E-state index is 0.583. The Morgan fingerprint density at radius 1 is 0.255 bits per heavy atom. The van der Waals surface area contributed by atoms with Crippen molar-refractivity contribution >= 4 is 17.3 Å². The lowest BCUT2D eigenvalue weighted by Gasteiger charge is -2.24. The van der Waals surface area contributed by atoms with E-state index in [4.69, 9.17) is 24.9 Å². The molecule has 0 N–H and O–H groups in total. The van der Waals surface area contributed by atoms with Gasteiger partial charge in [-0.3, -0.25) is 4.90 Å². The molecule has 9 aromatic rings. The Labute approximate surface area is 320 Å². The molecular formula is C49H34N6. The molecule has 260 valence electrons. The van der Waals surface area contributed by atoms with Gasteiger partial charge in [0.25, 0.3) is 0 Å². The Bertz CT molecular complexity index is 2590. The van der Waals surface area contributed by atoms with Gasteiger partial charge in [-0.1, -0.05) is 164 Å². The van der Waals surface area contributed by atoms with E-state index in [9.17, 15) is 0 Å². The lowest BCUT2D eigenvalue weighted by atomic mass is 9.99. The fourth-order valence-electron chi connectivity index (χ4n) is 6.61. The maximum atomic E-state index is 5.25. The molecule has 0 saturated heterocycles. The second kappa shape index (κ2) is 15.2. The van der Waals surface area contributed by atoms with Crippen LogP contribution in [0.15, 0.2) is 206 Å². The number of benzene rings is 7. The zero-order chi connectivity index (χ0) is 36.8. The first-order valence-corrected chi connectivity index (χ1v) is 18.2. The summed E-state index contributed by atoms with van der Waals surface area (Å²) < 4.78 is 0. The molecule has 0 fully saturated rings. The maximum Gasteiger partial charge on any atom is 0.235 e. The zero-order valence-electron chi connectivity index (χ0n) is 29.8. The molecule has 6 heteroatoms. The Morgan fingerprint density at radius 2 is 0.600 bits per heavy atom. The van der Waals surface area contributed by atoms with Crippen molar-refractivity contribution in [3.05, 3.63) is 206 Å². The summed E-state index contributed by atoms with van der Waals surface area (Å²) in [4.78, 5) is 27.3. The zero-order valence-corrected chi connectivity index (χ0v) is 29.8. The van der Waals surface area contributed by atoms with E-state index in [1.807, 2.05) is 115 Å². The van der Waals surface area contributed by atoms with Gasteiger partial charge in [0.1, 0.15) is 0 Å². The summed E-state index contributed by atoms with van der Waals surface area (Å²) in [6.07, 6.45) is 0. The van der Waals surface area contributed by atoms with Gasteiger partial charge in [-0.05, 0) is 53.6 Å². The summed E-state index contributed by atoms with van der Waals surface area (Å²) in [6.45, 7) is 0. The molecular weight excluding hydrogens is 673 g/mol. The fourth-order valence-corrected chi connectivity index (χ4v) is 6.61. The predicted octanol–water partition coefficient (Wildman–Crippen LogP) is 12.1. The van der Waals surface area contributed by atoms with E-state index in [2.05, 4.69) is 95.9 Å². The standard InChI is InChI=1S/C49H34N6/c1-6-18-35(19-7-1)44-34-45(51-49(50-44)55(42-28-12-4-13-29-42)43-30-14-5-15-31-43)40-26-16-24-38(32-40)39-25-17-27-41(33-39)48-53-46(36-20-8-2-9-21-36)52-47(54-48)37-22-10-3-11-23-37/h1-34H. The fraction of sp³-hybridized carbons (Fsp3) is 0. The number of hydrogen-bond donors (Lipinski definition) is 0. The van der Waals surface area contributed by atoms with Gasteiger partial charge in [-0.25, -0.2) is 24.9 Å². The number of para-hydroxylation sites is 2. The third-order valence-corrected chi connectivity index (χ3v) is 9.32. The summed E-state index contributed by atoms with van der Waals surface area (Å²) in [7, 11) is 0. The van der Waals surface area contributed by atoms with Crippen LogP contribution in [0.3, 0.4) is 0 Å². The van der Waals surface area contributed by atoms with Crippen molar-refractivity contribution in [3.8, 4) is 67.8 Å². The molecule has 2 aromatic heterocycles. The molecule has 55 heavy (non-hydrogen) atoms. The Morgan fingerprint density at radius 3 is 1.09 bits per heavy atom. The third-order valence-electron chi connectivity index (χ3n) is 9.32. The van der Waals surface area contributed by atoms with Crippen LogP contribution in [0.2, 0.25) is 0 Å². The van der Waals surface area contributed by atoms with Crippen molar-refractivity contribution in [2.24, 2.45) is 0 Å². The number of hydrogen-bond acceptors (Lipinski definition) is 6. The first-order valence-electron chi connectivity index (χ1n) is 18.2. The molecule has 0 aliphatic carbocycles. The molecule has 0 saturated carbocycles. The van der Waals surface area contributed by atoms with Gasteiger partial charge >= 0.3 is 0 Å². The number of aromatic nitrogens is 5. The van der Waals surface area contributed by atoms with Crippen LogP contribution >= 0.6 is 0 Å². The minimum Gasteiger partial charge on any atom is -0.279 e. The first-order chi connectivity index (χ1) is 27.2. The number of nitrogens with zero attached hydrogens (tertiary/aromatic N) is 6. The van der Waals surface area contributed by atoms with E-state index < -0.39 is 0 Å². The van der Waals surface area contributed by atoms with Crippen LogP contribution in [-0.2, 0) is 0 Å². The van der Waals surface area contributed by atoms with E-state index >= 15 is 0 Å². The summed E-state index contributed by atoms with van der Waals surface area (Å²) in [5.41, 5.74) is 10.4. The quantitative estimate of drug-likeness (QED) is 0.149. The molecule has 9 rings (SSSR count). The molecule has 0 atom stereocenters. The monoisotopic (exact) mass is 706 g/mol. The van der Waals surface area contributed by atoms with Gasteiger partial charge < -0.3 is 0 Å². The van der Waals surface area contributed by atoms with E-state index in [1.165, 1.54) is 0 Å². The van der Waals surface area contributed by atoms with Crippen LogP contribution in [-0.4, -0.2) is 24.9 Å². The highest BCUT2D eigenvalue weighted by Gasteiger charge is 2.19. The van der Waals surface area contributed by atoms with Crippen molar-refractivity contribution in [3.63, 3.8) is 0 Å². The lowest BCUT2D eigenvalue weighted by molar-refractivity contribution is 1.07. The smallest absolute Gasteiger partial charge is 0.235 e. The molecule has 0 unspecified atom stereocenters. The van der Waals surface area contributed by atoms with Crippen molar-refractivity contribution in [2.75, 3.05) is 4.90 Å². The molecule has 7 aromatic carbocycles. The summed E-state index contributed by atoms with van der Waals surface area (Å²) in [5, 5.41) is 0. The maximum absolute atomic E-state index is 5.25. The highest BCUT2D eigenvalue weighted by molar-refractivity contribution is 5.80. The topological polar surface area (TPSA) is 67.7 Å². The number of rotatable bonds is 9. The molecule has 0 radical (unpaired) electrons.